The van der Waals surface area contributed by atoms with Gasteiger partial charge in [-0.25, -0.2) is 4.79 Å². The molecule has 1 atom stereocenters. The largest absolute Gasteiger partial charge is 0.480 e. The molecular weight excluding hydrogens is 434 g/mol. The van der Waals surface area contributed by atoms with Gasteiger partial charge in [0.1, 0.15) is 6.04 Å². The van der Waals surface area contributed by atoms with Crippen molar-refractivity contribution in [2.45, 2.75) is 56.4 Å². The summed E-state index contributed by atoms with van der Waals surface area (Å²) in [5.74, 6) is -1.27. The number of unbranched alkanes of at least 4 members (excludes halogenated alkanes) is 4. The van der Waals surface area contributed by atoms with Crippen molar-refractivity contribution in [2.75, 3.05) is 0 Å². The van der Waals surface area contributed by atoms with Crippen molar-refractivity contribution in [1.82, 2.24) is 5.32 Å². The van der Waals surface area contributed by atoms with Crippen LogP contribution in [0.2, 0.25) is 0 Å². The van der Waals surface area contributed by atoms with Crippen LogP contribution in [0.4, 0.5) is 0 Å². The second kappa shape index (κ2) is 13.3. The van der Waals surface area contributed by atoms with E-state index >= 15 is 0 Å². The van der Waals surface area contributed by atoms with Gasteiger partial charge in [0.2, 0.25) is 5.91 Å². The minimum absolute atomic E-state index is 0.105. The van der Waals surface area contributed by atoms with Crippen LogP contribution in [0.1, 0.15) is 61.6 Å². The van der Waals surface area contributed by atoms with E-state index in [2.05, 4.69) is 11.9 Å². The molecular formula is C31H35NO3. The van der Waals surface area contributed by atoms with Gasteiger partial charge in [0.15, 0.2) is 0 Å². The topological polar surface area (TPSA) is 66.4 Å². The van der Waals surface area contributed by atoms with Crippen molar-refractivity contribution in [3.05, 3.63) is 120 Å². The number of amides is 1. The number of carboxylic acids is 1. The van der Waals surface area contributed by atoms with Gasteiger partial charge in [-0.2, -0.15) is 0 Å². The molecule has 0 saturated heterocycles. The van der Waals surface area contributed by atoms with Crippen LogP contribution >= 0.6 is 0 Å². The van der Waals surface area contributed by atoms with Crippen LogP contribution in [0.5, 0.6) is 0 Å². The summed E-state index contributed by atoms with van der Waals surface area (Å²) >= 11 is 0. The van der Waals surface area contributed by atoms with Crippen molar-refractivity contribution in [2.24, 2.45) is 0 Å². The van der Waals surface area contributed by atoms with E-state index in [-0.39, 0.29) is 12.3 Å². The molecule has 4 nitrogen and oxygen atoms in total. The summed E-state index contributed by atoms with van der Waals surface area (Å²) in [6.07, 6.45) is 7.19. The maximum Gasteiger partial charge on any atom is 0.326 e. The normalized spacial score (nSPS) is 12.0. The second-order valence-electron chi connectivity index (χ2n) is 8.92. The van der Waals surface area contributed by atoms with Gasteiger partial charge in [0, 0.05) is 6.42 Å². The van der Waals surface area contributed by atoms with Crippen LogP contribution in [0, 0.1) is 0 Å². The van der Waals surface area contributed by atoms with Crippen molar-refractivity contribution in [1.29, 1.82) is 0 Å². The van der Waals surface area contributed by atoms with Crippen molar-refractivity contribution in [3.63, 3.8) is 0 Å². The summed E-state index contributed by atoms with van der Waals surface area (Å²) in [5.41, 5.74) is 2.21. The summed E-state index contributed by atoms with van der Waals surface area (Å²) in [4.78, 5) is 25.4. The Morgan fingerprint density at radius 3 is 1.66 bits per heavy atom. The Kier molecular flexibility index (Phi) is 9.85. The zero-order valence-corrected chi connectivity index (χ0v) is 20.2. The van der Waals surface area contributed by atoms with Crippen LogP contribution in [-0.2, 0) is 15.0 Å². The number of nitrogens with one attached hydrogen (secondary N) is 1. The van der Waals surface area contributed by atoms with Gasteiger partial charge < -0.3 is 10.4 Å². The second-order valence-corrected chi connectivity index (χ2v) is 8.92. The van der Waals surface area contributed by atoms with Crippen molar-refractivity contribution >= 4 is 11.9 Å². The number of hydrogen-bond donors (Lipinski definition) is 2. The van der Waals surface area contributed by atoms with E-state index in [1.54, 1.807) is 0 Å². The number of carbonyl (C=O) groups is 2. The molecule has 0 spiro atoms. The number of rotatable bonds is 14. The fraction of sp³-hybridized carbons (Fsp3) is 0.290. The van der Waals surface area contributed by atoms with Crippen LogP contribution in [-0.4, -0.2) is 23.0 Å². The summed E-state index contributed by atoms with van der Waals surface area (Å²) < 4.78 is 0. The van der Waals surface area contributed by atoms with Gasteiger partial charge in [-0.05, 0) is 36.0 Å². The Labute approximate surface area is 208 Å². The standard InChI is InChI=1S/C31H35NO3/c1-2-3-4-5-6-16-23-28(30(34)35)32-29(33)24-31(25-17-10-7-11-18-25,26-19-12-8-13-20-26)27-21-14-9-15-22-27/h2,7-15,17-22,28H,1,3-6,16,23-24H2,(H,32,33)(H,34,35)/t28-/m1/s1. The predicted octanol–water partition coefficient (Wildman–Crippen LogP) is 6.51. The molecule has 0 aliphatic rings. The molecule has 0 heterocycles. The zero-order chi connectivity index (χ0) is 24.9. The maximum absolute atomic E-state index is 13.5. The van der Waals surface area contributed by atoms with Gasteiger partial charge >= 0.3 is 5.97 Å². The predicted molar refractivity (Wildman–Crippen MR) is 141 cm³/mol. The minimum atomic E-state index is -0.992. The first-order chi connectivity index (χ1) is 17.1. The van der Waals surface area contributed by atoms with E-state index in [1.165, 1.54) is 0 Å². The first kappa shape index (κ1) is 26.0. The lowest BCUT2D eigenvalue weighted by Crippen LogP contribution is -2.44. The molecule has 2 N–H and O–H groups in total. The highest BCUT2D eigenvalue weighted by Gasteiger charge is 2.39. The molecule has 3 aromatic rings. The highest BCUT2D eigenvalue weighted by molar-refractivity contribution is 5.85. The third kappa shape index (κ3) is 6.92. The number of benzene rings is 3. The lowest BCUT2D eigenvalue weighted by Gasteiger charge is -2.36. The molecule has 0 bridgehead atoms. The van der Waals surface area contributed by atoms with E-state index in [0.29, 0.717) is 6.42 Å². The first-order valence-corrected chi connectivity index (χ1v) is 12.4. The molecule has 35 heavy (non-hydrogen) atoms. The van der Waals surface area contributed by atoms with Gasteiger partial charge in [-0.15, -0.1) is 6.58 Å². The maximum atomic E-state index is 13.5. The molecule has 182 valence electrons. The molecule has 0 saturated carbocycles. The molecule has 0 fully saturated rings. The molecule has 0 aliphatic heterocycles. The molecule has 4 heteroatoms. The van der Waals surface area contributed by atoms with Crippen LogP contribution in [0.15, 0.2) is 104 Å². The van der Waals surface area contributed by atoms with Crippen molar-refractivity contribution < 1.29 is 14.7 Å². The van der Waals surface area contributed by atoms with Gasteiger partial charge in [-0.3, -0.25) is 4.79 Å². The van der Waals surface area contributed by atoms with E-state index in [1.807, 2.05) is 97.1 Å². The number of hydrogen-bond acceptors (Lipinski definition) is 2. The molecule has 0 radical (unpaired) electrons. The average Bonchev–Trinajstić information content (AvgIpc) is 2.90. The van der Waals surface area contributed by atoms with Crippen LogP contribution in [0.3, 0.4) is 0 Å². The van der Waals surface area contributed by atoms with E-state index < -0.39 is 17.4 Å². The lowest BCUT2D eigenvalue weighted by atomic mass is 9.67. The number of allylic oxidation sites excluding steroid dienone is 1. The highest BCUT2D eigenvalue weighted by Crippen LogP contribution is 2.42. The van der Waals surface area contributed by atoms with Crippen LogP contribution < -0.4 is 5.32 Å². The Hall–Kier alpha value is -3.66. The lowest BCUT2D eigenvalue weighted by molar-refractivity contribution is -0.142. The fourth-order valence-electron chi connectivity index (χ4n) is 4.71. The average molecular weight is 470 g/mol. The Bertz CT molecular complexity index is 967. The third-order valence-corrected chi connectivity index (χ3v) is 6.51. The zero-order valence-electron chi connectivity index (χ0n) is 20.2. The quantitative estimate of drug-likeness (QED) is 0.161. The van der Waals surface area contributed by atoms with E-state index in [9.17, 15) is 14.7 Å². The Morgan fingerprint density at radius 1 is 0.771 bits per heavy atom. The summed E-state index contributed by atoms with van der Waals surface area (Å²) in [6.45, 7) is 3.73. The van der Waals surface area contributed by atoms with Gasteiger partial charge in [0.05, 0.1) is 5.41 Å². The molecule has 0 aliphatic carbocycles. The molecule has 0 aromatic heterocycles. The Balaban J connectivity index is 1.88. The Morgan fingerprint density at radius 2 is 1.23 bits per heavy atom. The summed E-state index contributed by atoms with van der Waals surface area (Å²) in [6, 6.07) is 29.0. The highest BCUT2D eigenvalue weighted by atomic mass is 16.4. The fourth-order valence-corrected chi connectivity index (χ4v) is 4.71. The van der Waals surface area contributed by atoms with E-state index in [4.69, 9.17) is 0 Å². The van der Waals surface area contributed by atoms with E-state index in [0.717, 1.165) is 48.8 Å². The number of carbonyl (C=O) groups excluding carboxylic acids is 1. The molecule has 3 rings (SSSR count). The molecule has 1 amide bonds. The molecule has 0 unspecified atom stereocenters. The number of aliphatic carboxylic acids is 1. The number of carboxylic acid groups (broad SMARTS) is 1. The van der Waals surface area contributed by atoms with Crippen molar-refractivity contribution in [3.8, 4) is 0 Å². The minimum Gasteiger partial charge on any atom is -0.480 e. The van der Waals surface area contributed by atoms with Gasteiger partial charge in [-0.1, -0.05) is 116 Å². The van der Waals surface area contributed by atoms with Crippen LogP contribution in [0.25, 0.3) is 0 Å². The monoisotopic (exact) mass is 469 g/mol. The smallest absolute Gasteiger partial charge is 0.326 e. The third-order valence-electron chi connectivity index (χ3n) is 6.51. The summed E-state index contributed by atoms with van der Waals surface area (Å²) in [7, 11) is 0. The SMILES string of the molecule is C=CCCCCCC[C@@H](NC(=O)CC(c1ccccc1)(c1ccccc1)c1ccccc1)C(=O)O. The molecule has 3 aromatic carbocycles. The van der Waals surface area contributed by atoms with Gasteiger partial charge in [0.25, 0.3) is 0 Å². The summed E-state index contributed by atoms with van der Waals surface area (Å²) in [5, 5.41) is 12.6. The first-order valence-electron chi connectivity index (χ1n) is 12.4.